The van der Waals surface area contributed by atoms with E-state index in [0.717, 1.165) is 5.75 Å². The van der Waals surface area contributed by atoms with Gasteiger partial charge in [0.15, 0.2) is 5.76 Å². The number of hydrogen-bond donors (Lipinski definition) is 1. The summed E-state index contributed by atoms with van der Waals surface area (Å²) in [5.74, 6) is 1.13. The number of nitrogens with zero attached hydrogens (tertiary/aromatic N) is 2. The SMILES string of the molecule is O=C1OC2(CCN(C(=O)c3ccc(CO)o3)CC2)CN1CCOc1ccccc1. The van der Waals surface area contributed by atoms with Crippen LogP contribution in [0.2, 0.25) is 0 Å². The number of aliphatic hydroxyl groups excluding tert-OH is 1. The summed E-state index contributed by atoms with van der Waals surface area (Å²) in [7, 11) is 0. The minimum Gasteiger partial charge on any atom is -0.492 e. The van der Waals surface area contributed by atoms with Gasteiger partial charge in [-0.25, -0.2) is 4.79 Å². The molecule has 8 nitrogen and oxygen atoms in total. The van der Waals surface area contributed by atoms with E-state index in [2.05, 4.69) is 0 Å². The second-order valence-corrected chi connectivity index (χ2v) is 7.35. The largest absolute Gasteiger partial charge is 0.492 e. The van der Waals surface area contributed by atoms with E-state index >= 15 is 0 Å². The summed E-state index contributed by atoms with van der Waals surface area (Å²) < 4.78 is 16.7. The Hall–Kier alpha value is -3.00. The number of piperidine rings is 1. The molecule has 0 unspecified atom stereocenters. The summed E-state index contributed by atoms with van der Waals surface area (Å²) >= 11 is 0. The fraction of sp³-hybridized carbons (Fsp3) is 0.429. The maximum absolute atomic E-state index is 12.6. The molecule has 154 valence electrons. The van der Waals surface area contributed by atoms with E-state index in [9.17, 15) is 9.59 Å². The van der Waals surface area contributed by atoms with Crippen LogP contribution in [0.15, 0.2) is 46.9 Å². The van der Waals surface area contributed by atoms with Gasteiger partial charge in [-0.1, -0.05) is 18.2 Å². The lowest BCUT2D eigenvalue weighted by atomic mass is 9.91. The number of hydrogen-bond acceptors (Lipinski definition) is 6. The van der Waals surface area contributed by atoms with Crippen LogP contribution in [0, 0.1) is 0 Å². The third-order valence-electron chi connectivity index (χ3n) is 5.40. The lowest BCUT2D eigenvalue weighted by Gasteiger charge is -2.37. The first-order valence-electron chi connectivity index (χ1n) is 9.73. The molecule has 1 aromatic heterocycles. The summed E-state index contributed by atoms with van der Waals surface area (Å²) in [5.41, 5.74) is -0.556. The van der Waals surface area contributed by atoms with Gasteiger partial charge in [-0.15, -0.1) is 0 Å². The lowest BCUT2D eigenvalue weighted by Crippen LogP contribution is -2.48. The highest BCUT2D eigenvalue weighted by Gasteiger charge is 2.47. The first-order chi connectivity index (χ1) is 14.1. The van der Waals surface area contributed by atoms with Gasteiger partial charge in [0.1, 0.15) is 30.3 Å². The quantitative estimate of drug-likeness (QED) is 0.800. The predicted molar refractivity (Wildman–Crippen MR) is 102 cm³/mol. The fourth-order valence-corrected chi connectivity index (χ4v) is 3.77. The van der Waals surface area contributed by atoms with E-state index in [1.165, 1.54) is 0 Å². The molecule has 8 heteroatoms. The molecule has 2 aliphatic heterocycles. The summed E-state index contributed by atoms with van der Waals surface area (Å²) in [4.78, 5) is 28.2. The van der Waals surface area contributed by atoms with Gasteiger partial charge in [-0.2, -0.15) is 0 Å². The first-order valence-corrected chi connectivity index (χ1v) is 9.73. The molecule has 2 aromatic rings. The number of amides is 2. The van der Waals surface area contributed by atoms with Crippen LogP contribution in [-0.2, 0) is 11.3 Å². The zero-order chi connectivity index (χ0) is 20.3. The number of carbonyl (C=O) groups is 2. The number of rotatable bonds is 6. The van der Waals surface area contributed by atoms with Crippen LogP contribution in [0.1, 0.15) is 29.2 Å². The number of ether oxygens (including phenoxy) is 2. The van der Waals surface area contributed by atoms with Crippen molar-refractivity contribution in [3.63, 3.8) is 0 Å². The van der Waals surface area contributed by atoms with E-state index < -0.39 is 5.60 Å². The number of para-hydroxylation sites is 1. The highest BCUT2D eigenvalue weighted by Crippen LogP contribution is 2.33. The molecule has 2 saturated heterocycles. The third kappa shape index (κ3) is 4.22. The van der Waals surface area contributed by atoms with Gasteiger partial charge in [0, 0.05) is 25.9 Å². The van der Waals surface area contributed by atoms with Gasteiger partial charge < -0.3 is 28.8 Å². The zero-order valence-corrected chi connectivity index (χ0v) is 16.1. The molecule has 3 heterocycles. The highest BCUT2D eigenvalue weighted by atomic mass is 16.6. The minimum absolute atomic E-state index is 0.211. The third-order valence-corrected chi connectivity index (χ3v) is 5.40. The Labute approximate surface area is 168 Å². The van der Waals surface area contributed by atoms with Crippen molar-refractivity contribution in [2.75, 3.05) is 32.8 Å². The van der Waals surface area contributed by atoms with E-state index in [4.69, 9.17) is 19.0 Å². The molecule has 1 spiro atoms. The Bertz CT molecular complexity index is 857. The Kier molecular flexibility index (Phi) is 5.44. The number of carbonyl (C=O) groups excluding carboxylic acids is 2. The molecule has 29 heavy (non-hydrogen) atoms. The van der Waals surface area contributed by atoms with E-state index in [1.807, 2.05) is 30.3 Å². The fourth-order valence-electron chi connectivity index (χ4n) is 3.77. The summed E-state index contributed by atoms with van der Waals surface area (Å²) in [6.07, 6.45) is 0.822. The van der Waals surface area contributed by atoms with Gasteiger partial charge in [-0.3, -0.25) is 4.79 Å². The van der Waals surface area contributed by atoms with Crippen LogP contribution in [0.4, 0.5) is 4.79 Å². The molecule has 2 aliphatic rings. The number of aliphatic hydroxyl groups is 1. The van der Waals surface area contributed by atoms with Crippen molar-refractivity contribution < 1.29 is 28.6 Å². The number of likely N-dealkylation sites (tertiary alicyclic amines) is 1. The van der Waals surface area contributed by atoms with Crippen LogP contribution in [0.25, 0.3) is 0 Å². The molecule has 1 N–H and O–H groups in total. The Morgan fingerprint density at radius 2 is 1.90 bits per heavy atom. The maximum atomic E-state index is 12.6. The van der Waals surface area contributed by atoms with Crippen molar-refractivity contribution in [1.82, 2.24) is 9.80 Å². The molecule has 0 bridgehead atoms. The average molecular weight is 400 g/mol. The van der Waals surface area contributed by atoms with E-state index in [-0.39, 0.29) is 24.4 Å². The van der Waals surface area contributed by atoms with Crippen LogP contribution < -0.4 is 4.74 Å². The topological polar surface area (TPSA) is 92.5 Å². The Morgan fingerprint density at radius 3 is 2.59 bits per heavy atom. The van der Waals surface area contributed by atoms with Crippen molar-refractivity contribution in [3.8, 4) is 5.75 Å². The standard InChI is InChI=1S/C21H24N2O6/c24-14-17-6-7-18(28-17)19(25)22-10-8-21(9-11-22)15-23(20(26)29-21)12-13-27-16-4-2-1-3-5-16/h1-7,24H,8-15H2. The number of benzene rings is 1. The highest BCUT2D eigenvalue weighted by molar-refractivity contribution is 5.91. The van der Waals surface area contributed by atoms with Gasteiger partial charge in [-0.05, 0) is 24.3 Å². The molecule has 0 saturated carbocycles. The van der Waals surface area contributed by atoms with Gasteiger partial charge in [0.2, 0.25) is 0 Å². The number of furan rings is 1. The van der Waals surface area contributed by atoms with Crippen LogP contribution in [-0.4, -0.2) is 65.3 Å². The van der Waals surface area contributed by atoms with Gasteiger partial charge in [0.05, 0.1) is 13.1 Å². The second-order valence-electron chi connectivity index (χ2n) is 7.35. The Balaban J connectivity index is 1.28. The first kappa shape index (κ1) is 19.3. The van der Waals surface area contributed by atoms with Crippen LogP contribution >= 0.6 is 0 Å². The zero-order valence-electron chi connectivity index (χ0n) is 16.1. The average Bonchev–Trinajstić information content (AvgIpc) is 3.34. The molecule has 0 atom stereocenters. The molecular weight excluding hydrogens is 376 g/mol. The van der Waals surface area contributed by atoms with Crippen molar-refractivity contribution >= 4 is 12.0 Å². The van der Waals surface area contributed by atoms with Gasteiger partial charge >= 0.3 is 6.09 Å². The van der Waals surface area contributed by atoms with Crippen molar-refractivity contribution in [3.05, 3.63) is 54.0 Å². The second kappa shape index (κ2) is 8.16. The molecule has 4 rings (SSSR count). The molecule has 2 fully saturated rings. The summed E-state index contributed by atoms with van der Waals surface area (Å²) in [5, 5.41) is 9.08. The monoisotopic (exact) mass is 400 g/mol. The van der Waals surface area contributed by atoms with E-state index in [1.54, 1.807) is 21.9 Å². The summed E-state index contributed by atoms with van der Waals surface area (Å²) in [6.45, 7) is 2.07. The Morgan fingerprint density at radius 1 is 1.14 bits per heavy atom. The van der Waals surface area contributed by atoms with Crippen LogP contribution in [0.5, 0.6) is 5.75 Å². The van der Waals surface area contributed by atoms with Crippen LogP contribution in [0.3, 0.4) is 0 Å². The van der Waals surface area contributed by atoms with Gasteiger partial charge in [0.25, 0.3) is 5.91 Å². The molecular formula is C21H24N2O6. The normalized spacial score (nSPS) is 18.2. The predicted octanol–water partition coefficient (Wildman–Crippen LogP) is 2.28. The van der Waals surface area contributed by atoms with Crippen molar-refractivity contribution in [2.24, 2.45) is 0 Å². The van der Waals surface area contributed by atoms with Crippen molar-refractivity contribution in [2.45, 2.75) is 25.0 Å². The molecule has 0 radical (unpaired) electrons. The smallest absolute Gasteiger partial charge is 0.410 e. The van der Waals surface area contributed by atoms with Crippen molar-refractivity contribution in [1.29, 1.82) is 0 Å². The summed E-state index contributed by atoms with van der Waals surface area (Å²) in [6, 6.07) is 12.6. The maximum Gasteiger partial charge on any atom is 0.410 e. The molecule has 2 amide bonds. The lowest BCUT2D eigenvalue weighted by molar-refractivity contribution is 0.00218. The molecule has 1 aromatic carbocycles. The minimum atomic E-state index is -0.556. The molecule has 0 aliphatic carbocycles. The van der Waals surface area contributed by atoms with E-state index in [0.29, 0.717) is 51.4 Å².